The number of rotatable bonds is 7. The molecule has 1 atom stereocenters. The lowest BCUT2D eigenvalue weighted by atomic mass is 10.0. The molecule has 0 aliphatic heterocycles. The minimum absolute atomic E-state index is 0.0779. The number of hydrogen-bond donors (Lipinski definition) is 2. The van der Waals surface area contributed by atoms with Gasteiger partial charge < -0.3 is 19.6 Å². The molecule has 5 nitrogen and oxygen atoms in total. The van der Waals surface area contributed by atoms with Crippen molar-refractivity contribution >= 4 is 5.91 Å². The van der Waals surface area contributed by atoms with E-state index in [1.165, 1.54) is 6.26 Å². The topological polar surface area (TPSA) is 71.7 Å². The Morgan fingerprint density at radius 1 is 1.72 bits per heavy atom. The van der Waals surface area contributed by atoms with Crippen LogP contribution in [0, 0.1) is 12.3 Å². The Bertz CT molecular complexity index is 403. The monoisotopic (exact) mass is 251 g/mol. The maximum atomic E-state index is 11.4. The molecule has 1 rings (SSSR count). The molecular formula is C13H17NO4. The van der Waals surface area contributed by atoms with Crippen molar-refractivity contribution in [1.29, 1.82) is 0 Å². The van der Waals surface area contributed by atoms with Gasteiger partial charge in [0.15, 0.2) is 0 Å². The summed E-state index contributed by atoms with van der Waals surface area (Å²) in [6.45, 7) is 2.10. The summed E-state index contributed by atoms with van der Waals surface area (Å²) in [5.74, 6) is 2.51. The van der Waals surface area contributed by atoms with E-state index >= 15 is 0 Å². The second kappa shape index (κ2) is 6.84. The Morgan fingerprint density at radius 2 is 2.50 bits per heavy atom. The molecule has 1 heterocycles. The van der Waals surface area contributed by atoms with Crippen molar-refractivity contribution in [3.05, 3.63) is 24.2 Å². The highest BCUT2D eigenvalue weighted by atomic mass is 16.5. The van der Waals surface area contributed by atoms with Crippen LogP contribution in [0.2, 0.25) is 0 Å². The van der Waals surface area contributed by atoms with Crippen LogP contribution in [0.25, 0.3) is 0 Å². The lowest BCUT2D eigenvalue weighted by Gasteiger charge is -2.21. The number of furan rings is 1. The highest BCUT2D eigenvalue weighted by Gasteiger charge is 2.26. The van der Waals surface area contributed by atoms with Crippen molar-refractivity contribution in [3.8, 4) is 12.3 Å². The van der Waals surface area contributed by atoms with E-state index < -0.39 is 5.60 Å². The number of hydrogen-bond acceptors (Lipinski definition) is 4. The molecule has 18 heavy (non-hydrogen) atoms. The van der Waals surface area contributed by atoms with Crippen LogP contribution >= 0.6 is 0 Å². The third-order valence-corrected chi connectivity index (χ3v) is 2.34. The number of nitrogens with one attached hydrogen (secondary N) is 1. The van der Waals surface area contributed by atoms with Gasteiger partial charge in [-0.05, 0) is 19.1 Å². The minimum atomic E-state index is -1.22. The van der Waals surface area contributed by atoms with Gasteiger partial charge in [0.1, 0.15) is 18.0 Å². The summed E-state index contributed by atoms with van der Waals surface area (Å²) in [6.07, 6.45) is 6.67. The molecule has 1 unspecified atom stereocenters. The Balaban J connectivity index is 2.28. The molecule has 0 saturated heterocycles. The molecule has 0 saturated carbocycles. The summed E-state index contributed by atoms with van der Waals surface area (Å²) in [5.41, 5.74) is -1.22. The first-order valence-electron chi connectivity index (χ1n) is 5.60. The number of aliphatic hydroxyl groups is 1. The maximum absolute atomic E-state index is 11.4. The molecule has 98 valence electrons. The summed E-state index contributed by atoms with van der Waals surface area (Å²) in [7, 11) is 0. The fourth-order valence-electron chi connectivity index (χ4n) is 1.33. The summed E-state index contributed by atoms with van der Waals surface area (Å²) >= 11 is 0. The average Bonchev–Trinajstić information content (AvgIpc) is 2.87. The zero-order chi connectivity index (χ0) is 13.4. The van der Waals surface area contributed by atoms with Crippen LogP contribution in [0.3, 0.4) is 0 Å². The van der Waals surface area contributed by atoms with Crippen molar-refractivity contribution in [2.45, 2.75) is 18.9 Å². The van der Waals surface area contributed by atoms with Crippen LogP contribution in [0.1, 0.15) is 19.1 Å². The average molecular weight is 251 g/mol. The molecule has 0 aromatic carbocycles. The number of ether oxygens (including phenoxy) is 1. The Kier molecular flexibility index (Phi) is 5.43. The third kappa shape index (κ3) is 4.62. The van der Waals surface area contributed by atoms with E-state index in [1.807, 2.05) is 0 Å². The van der Waals surface area contributed by atoms with Gasteiger partial charge in [0, 0.05) is 0 Å². The van der Waals surface area contributed by atoms with Gasteiger partial charge in [-0.3, -0.25) is 4.79 Å². The molecule has 0 radical (unpaired) electrons. The van der Waals surface area contributed by atoms with Gasteiger partial charge in [-0.25, -0.2) is 0 Å². The predicted octanol–water partition coefficient (Wildman–Crippen LogP) is 0.643. The molecule has 1 amide bonds. The quantitative estimate of drug-likeness (QED) is 0.551. The standard InChI is InChI=1S/C13H17NO4/c1-3-7-17-9-6-12(15)14-10-13(2,16)11-5-4-8-18-11/h1,4-5,8,16H,6-7,9-10H2,2H3,(H,14,15). The smallest absolute Gasteiger partial charge is 0.222 e. The maximum Gasteiger partial charge on any atom is 0.222 e. The first kappa shape index (κ1) is 14.3. The summed E-state index contributed by atoms with van der Waals surface area (Å²) in [4.78, 5) is 11.4. The van der Waals surface area contributed by atoms with Gasteiger partial charge in [0.05, 0.1) is 25.8 Å². The molecule has 0 aliphatic carbocycles. The van der Waals surface area contributed by atoms with Gasteiger partial charge in [-0.2, -0.15) is 0 Å². The van der Waals surface area contributed by atoms with Gasteiger partial charge in [0.25, 0.3) is 0 Å². The van der Waals surface area contributed by atoms with E-state index in [4.69, 9.17) is 15.6 Å². The van der Waals surface area contributed by atoms with E-state index in [9.17, 15) is 9.90 Å². The summed E-state index contributed by atoms with van der Waals surface area (Å²) in [6, 6.07) is 3.33. The predicted molar refractivity (Wildman–Crippen MR) is 65.6 cm³/mol. The number of amides is 1. The van der Waals surface area contributed by atoms with Crippen molar-refractivity contribution in [1.82, 2.24) is 5.32 Å². The molecule has 2 N–H and O–H groups in total. The zero-order valence-corrected chi connectivity index (χ0v) is 10.3. The summed E-state index contributed by atoms with van der Waals surface area (Å²) < 4.78 is 10.1. The molecule has 1 aromatic rings. The largest absolute Gasteiger partial charge is 0.466 e. The van der Waals surface area contributed by atoms with Gasteiger partial charge in [-0.15, -0.1) is 6.42 Å². The van der Waals surface area contributed by atoms with E-state index in [-0.39, 0.29) is 32.1 Å². The van der Waals surface area contributed by atoms with Crippen LogP contribution in [-0.2, 0) is 15.1 Å². The molecule has 0 aliphatic rings. The van der Waals surface area contributed by atoms with Crippen LogP contribution in [0.4, 0.5) is 0 Å². The molecule has 1 aromatic heterocycles. The molecule has 5 heteroatoms. The molecule has 0 spiro atoms. The number of carbonyl (C=O) groups excluding carboxylic acids is 1. The Morgan fingerprint density at radius 3 is 3.11 bits per heavy atom. The number of terminal acetylenes is 1. The zero-order valence-electron chi connectivity index (χ0n) is 10.3. The lowest BCUT2D eigenvalue weighted by Crippen LogP contribution is -2.38. The second-order valence-corrected chi connectivity index (χ2v) is 4.03. The first-order chi connectivity index (χ1) is 8.56. The molecule has 0 bridgehead atoms. The third-order valence-electron chi connectivity index (χ3n) is 2.34. The van der Waals surface area contributed by atoms with Crippen molar-refractivity contribution in [2.75, 3.05) is 19.8 Å². The minimum Gasteiger partial charge on any atom is -0.466 e. The van der Waals surface area contributed by atoms with Crippen molar-refractivity contribution < 1.29 is 19.1 Å². The van der Waals surface area contributed by atoms with E-state index in [1.54, 1.807) is 19.1 Å². The van der Waals surface area contributed by atoms with Gasteiger partial charge in [-0.1, -0.05) is 5.92 Å². The second-order valence-electron chi connectivity index (χ2n) is 4.03. The number of carbonyl (C=O) groups is 1. The molecular weight excluding hydrogens is 234 g/mol. The van der Waals surface area contributed by atoms with E-state index in [0.717, 1.165) is 0 Å². The van der Waals surface area contributed by atoms with Crippen molar-refractivity contribution in [2.24, 2.45) is 0 Å². The Hall–Kier alpha value is -1.77. The highest BCUT2D eigenvalue weighted by Crippen LogP contribution is 2.19. The normalized spacial score (nSPS) is 13.6. The van der Waals surface area contributed by atoms with Crippen LogP contribution in [-0.4, -0.2) is 30.8 Å². The lowest BCUT2D eigenvalue weighted by molar-refractivity contribution is -0.123. The highest BCUT2D eigenvalue weighted by molar-refractivity contribution is 5.76. The first-order valence-corrected chi connectivity index (χ1v) is 5.60. The fraction of sp³-hybridized carbons (Fsp3) is 0.462. The van der Waals surface area contributed by atoms with Gasteiger partial charge in [0.2, 0.25) is 5.91 Å². The SMILES string of the molecule is C#CCOCCC(=O)NCC(C)(O)c1ccco1. The van der Waals surface area contributed by atoms with Gasteiger partial charge >= 0.3 is 0 Å². The van der Waals surface area contributed by atoms with Crippen LogP contribution < -0.4 is 5.32 Å². The molecule has 0 fully saturated rings. The summed E-state index contributed by atoms with van der Waals surface area (Å²) in [5, 5.41) is 12.7. The van der Waals surface area contributed by atoms with Crippen LogP contribution in [0.5, 0.6) is 0 Å². The Labute approximate surface area is 106 Å². The van der Waals surface area contributed by atoms with E-state index in [0.29, 0.717) is 5.76 Å². The van der Waals surface area contributed by atoms with Crippen molar-refractivity contribution in [3.63, 3.8) is 0 Å². The van der Waals surface area contributed by atoms with E-state index in [2.05, 4.69) is 11.2 Å². The van der Waals surface area contributed by atoms with Crippen LogP contribution in [0.15, 0.2) is 22.8 Å². The fourth-order valence-corrected chi connectivity index (χ4v) is 1.33.